The normalized spacial score (nSPS) is 10.3. The summed E-state index contributed by atoms with van der Waals surface area (Å²) in [6.07, 6.45) is 0. The van der Waals surface area contributed by atoms with Crippen LogP contribution in [0, 0.1) is 5.82 Å². The highest BCUT2D eigenvalue weighted by atomic mass is 19.1. The molecule has 0 bridgehead atoms. The van der Waals surface area contributed by atoms with E-state index in [1.54, 1.807) is 0 Å². The Morgan fingerprint density at radius 1 is 0.870 bits per heavy atom. The average Bonchev–Trinajstić information content (AvgIpc) is 2.56. The third-order valence-electron chi connectivity index (χ3n) is 3.46. The predicted molar refractivity (Wildman–Crippen MR) is 88.5 cm³/mol. The molecule has 0 aliphatic rings. The van der Waals surface area contributed by atoms with Crippen LogP contribution in [0.4, 0.5) is 15.8 Å². The second-order valence-corrected chi connectivity index (χ2v) is 5.07. The zero-order valence-corrected chi connectivity index (χ0v) is 12.2. The molecule has 0 saturated heterocycles. The first kappa shape index (κ1) is 14.8. The quantitative estimate of drug-likeness (QED) is 0.718. The van der Waals surface area contributed by atoms with Gasteiger partial charge in [0.25, 0.3) is 0 Å². The van der Waals surface area contributed by atoms with Gasteiger partial charge in [-0.1, -0.05) is 42.5 Å². The molecule has 0 unspecified atom stereocenters. The van der Waals surface area contributed by atoms with E-state index in [-0.39, 0.29) is 11.3 Å². The Hall–Kier alpha value is -3.14. The average molecular weight is 307 g/mol. The predicted octanol–water partition coefficient (Wildman–Crippen LogP) is 4.93. The lowest BCUT2D eigenvalue weighted by Crippen LogP contribution is -2.03. The number of carbonyl (C=O) groups is 1. The number of hydrogen-bond donors (Lipinski definition) is 2. The second-order valence-electron chi connectivity index (χ2n) is 5.07. The zero-order valence-electron chi connectivity index (χ0n) is 12.2. The van der Waals surface area contributed by atoms with Gasteiger partial charge in [0.15, 0.2) is 0 Å². The Morgan fingerprint density at radius 2 is 1.61 bits per heavy atom. The summed E-state index contributed by atoms with van der Waals surface area (Å²) in [5.74, 6) is -1.59. The van der Waals surface area contributed by atoms with Gasteiger partial charge in [-0.15, -0.1) is 0 Å². The molecule has 0 amide bonds. The Kier molecular flexibility index (Phi) is 4.06. The van der Waals surface area contributed by atoms with Crippen LogP contribution in [0.5, 0.6) is 0 Å². The monoisotopic (exact) mass is 307 g/mol. The summed E-state index contributed by atoms with van der Waals surface area (Å²) < 4.78 is 13.4. The van der Waals surface area contributed by atoms with Crippen molar-refractivity contribution in [1.82, 2.24) is 0 Å². The van der Waals surface area contributed by atoms with Gasteiger partial charge in [-0.2, -0.15) is 0 Å². The number of nitrogens with one attached hydrogen (secondary N) is 1. The van der Waals surface area contributed by atoms with E-state index in [2.05, 4.69) is 5.32 Å². The minimum Gasteiger partial charge on any atom is -0.478 e. The highest BCUT2D eigenvalue weighted by Crippen LogP contribution is 2.26. The fourth-order valence-corrected chi connectivity index (χ4v) is 2.37. The molecule has 0 aliphatic carbocycles. The Balaban J connectivity index is 1.96. The lowest BCUT2D eigenvalue weighted by Gasteiger charge is -2.11. The first-order valence-electron chi connectivity index (χ1n) is 7.09. The van der Waals surface area contributed by atoms with E-state index in [1.165, 1.54) is 12.1 Å². The van der Waals surface area contributed by atoms with Crippen molar-refractivity contribution in [3.05, 3.63) is 84.2 Å². The summed E-state index contributed by atoms with van der Waals surface area (Å²) >= 11 is 0. The van der Waals surface area contributed by atoms with E-state index < -0.39 is 11.8 Å². The van der Waals surface area contributed by atoms with Crippen molar-refractivity contribution in [1.29, 1.82) is 0 Å². The van der Waals surface area contributed by atoms with Crippen molar-refractivity contribution in [2.24, 2.45) is 0 Å². The molecule has 0 aromatic heterocycles. The van der Waals surface area contributed by atoms with Gasteiger partial charge in [0, 0.05) is 5.69 Å². The van der Waals surface area contributed by atoms with Crippen LogP contribution < -0.4 is 5.32 Å². The SMILES string of the molecule is O=C(O)c1ccc(F)cc1Nc1cccc(-c2ccccc2)c1. The van der Waals surface area contributed by atoms with Gasteiger partial charge >= 0.3 is 5.97 Å². The van der Waals surface area contributed by atoms with Gasteiger partial charge in [-0.05, 0) is 41.5 Å². The summed E-state index contributed by atoms with van der Waals surface area (Å²) in [5.41, 5.74) is 2.98. The maximum atomic E-state index is 13.4. The van der Waals surface area contributed by atoms with E-state index in [0.29, 0.717) is 5.69 Å². The third kappa shape index (κ3) is 3.37. The molecule has 4 heteroatoms. The number of aromatic carboxylic acids is 1. The van der Waals surface area contributed by atoms with Crippen LogP contribution in [-0.4, -0.2) is 11.1 Å². The Labute approximate surface area is 133 Å². The van der Waals surface area contributed by atoms with Gasteiger partial charge in [-0.3, -0.25) is 0 Å². The van der Waals surface area contributed by atoms with Gasteiger partial charge < -0.3 is 10.4 Å². The lowest BCUT2D eigenvalue weighted by molar-refractivity contribution is 0.0698. The summed E-state index contributed by atoms with van der Waals surface area (Å²) in [6.45, 7) is 0. The van der Waals surface area contributed by atoms with Gasteiger partial charge in [0.2, 0.25) is 0 Å². The summed E-state index contributed by atoms with van der Waals surface area (Å²) in [7, 11) is 0. The van der Waals surface area contributed by atoms with Crippen molar-refractivity contribution in [3.8, 4) is 11.1 Å². The molecular weight excluding hydrogens is 293 g/mol. The molecular formula is C19H14FNO2. The Bertz CT molecular complexity index is 847. The smallest absolute Gasteiger partial charge is 0.337 e. The van der Waals surface area contributed by atoms with Crippen LogP contribution in [0.3, 0.4) is 0 Å². The fraction of sp³-hybridized carbons (Fsp3) is 0. The molecule has 0 saturated carbocycles. The molecule has 23 heavy (non-hydrogen) atoms. The molecule has 114 valence electrons. The van der Waals surface area contributed by atoms with Crippen molar-refractivity contribution >= 4 is 17.3 Å². The van der Waals surface area contributed by atoms with E-state index in [0.717, 1.165) is 17.2 Å². The van der Waals surface area contributed by atoms with Crippen molar-refractivity contribution in [2.45, 2.75) is 0 Å². The van der Waals surface area contributed by atoms with Crippen molar-refractivity contribution < 1.29 is 14.3 Å². The van der Waals surface area contributed by atoms with Crippen LogP contribution >= 0.6 is 0 Å². The largest absolute Gasteiger partial charge is 0.478 e. The van der Waals surface area contributed by atoms with Crippen LogP contribution in [-0.2, 0) is 0 Å². The van der Waals surface area contributed by atoms with Crippen molar-refractivity contribution in [3.63, 3.8) is 0 Å². The molecule has 0 heterocycles. The number of benzene rings is 3. The molecule has 2 N–H and O–H groups in total. The van der Waals surface area contributed by atoms with E-state index in [9.17, 15) is 14.3 Å². The molecule has 0 radical (unpaired) electrons. The highest BCUT2D eigenvalue weighted by Gasteiger charge is 2.11. The Morgan fingerprint density at radius 3 is 2.35 bits per heavy atom. The molecule has 3 nitrogen and oxygen atoms in total. The summed E-state index contributed by atoms with van der Waals surface area (Å²) in [6, 6.07) is 20.9. The summed E-state index contributed by atoms with van der Waals surface area (Å²) in [5, 5.41) is 12.2. The number of anilines is 2. The minimum atomic E-state index is -1.10. The first-order chi connectivity index (χ1) is 11.1. The number of carboxylic acids is 1. The first-order valence-corrected chi connectivity index (χ1v) is 7.09. The molecule has 3 rings (SSSR count). The molecule has 3 aromatic rings. The van der Waals surface area contributed by atoms with E-state index in [1.807, 2.05) is 54.6 Å². The van der Waals surface area contributed by atoms with Gasteiger partial charge in [-0.25, -0.2) is 9.18 Å². The number of rotatable bonds is 4. The topological polar surface area (TPSA) is 49.3 Å². The molecule has 0 atom stereocenters. The molecule has 0 aliphatic heterocycles. The highest BCUT2D eigenvalue weighted by molar-refractivity contribution is 5.95. The molecule has 0 spiro atoms. The number of carboxylic acid groups (broad SMARTS) is 1. The second kappa shape index (κ2) is 6.32. The fourth-order valence-electron chi connectivity index (χ4n) is 2.37. The van der Waals surface area contributed by atoms with Crippen LogP contribution in [0.25, 0.3) is 11.1 Å². The molecule has 3 aromatic carbocycles. The van der Waals surface area contributed by atoms with Crippen LogP contribution in [0.2, 0.25) is 0 Å². The van der Waals surface area contributed by atoms with Crippen molar-refractivity contribution in [2.75, 3.05) is 5.32 Å². The standard InChI is InChI=1S/C19H14FNO2/c20-15-9-10-17(19(22)23)18(12-15)21-16-8-4-7-14(11-16)13-5-2-1-3-6-13/h1-12,21H,(H,22,23). The maximum absolute atomic E-state index is 13.4. The number of halogens is 1. The van der Waals surface area contributed by atoms with Crippen LogP contribution in [0.1, 0.15) is 10.4 Å². The summed E-state index contributed by atoms with van der Waals surface area (Å²) in [4.78, 5) is 11.2. The lowest BCUT2D eigenvalue weighted by atomic mass is 10.0. The molecule has 0 fully saturated rings. The zero-order chi connectivity index (χ0) is 16.2. The number of hydrogen-bond acceptors (Lipinski definition) is 2. The maximum Gasteiger partial charge on any atom is 0.337 e. The van der Waals surface area contributed by atoms with Gasteiger partial charge in [0.05, 0.1) is 11.3 Å². The van der Waals surface area contributed by atoms with E-state index in [4.69, 9.17) is 0 Å². The van der Waals surface area contributed by atoms with Crippen LogP contribution in [0.15, 0.2) is 72.8 Å². The third-order valence-corrected chi connectivity index (χ3v) is 3.46. The minimum absolute atomic E-state index is 0.0246. The van der Waals surface area contributed by atoms with E-state index >= 15 is 0 Å². The van der Waals surface area contributed by atoms with Gasteiger partial charge in [0.1, 0.15) is 5.82 Å².